The van der Waals surface area contributed by atoms with E-state index in [0.717, 1.165) is 38.2 Å². The van der Waals surface area contributed by atoms with Crippen molar-refractivity contribution in [3.8, 4) is 5.75 Å². The van der Waals surface area contributed by atoms with Gasteiger partial charge in [-0.25, -0.2) is 18.7 Å². The van der Waals surface area contributed by atoms with Crippen molar-refractivity contribution in [1.29, 1.82) is 0 Å². The zero-order valence-electron chi connectivity index (χ0n) is 23.5. The zero-order valence-corrected chi connectivity index (χ0v) is 23.5. The van der Waals surface area contributed by atoms with Crippen LogP contribution in [0.15, 0.2) is 16.9 Å². The number of piperidine rings is 2. The lowest BCUT2D eigenvalue weighted by Crippen LogP contribution is -2.56. The van der Waals surface area contributed by atoms with Crippen molar-refractivity contribution in [3.05, 3.63) is 18.2 Å². The van der Waals surface area contributed by atoms with E-state index in [2.05, 4.69) is 45.8 Å². The van der Waals surface area contributed by atoms with Crippen LogP contribution in [-0.4, -0.2) is 88.3 Å². The molecule has 11 nitrogen and oxygen atoms in total. The first-order valence-corrected chi connectivity index (χ1v) is 14.3. The summed E-state index contributed by atoms with van der Waals surface area (Å²) in [6, 6.07) is -0.319. The molecule has 1 amide bonds. The molecule has 0 aromatic carbocycles. The summed E-state index contributed by atoms with van der Waals surface area (Å²) in [6.45, 7) is 8.87. The van der Waals surface area contributed by atoms with E-state index >= 15 is 0 Å². The van der Waals surface area contributed by atoms with Crippen molar-refractivity contribution in [1.82, 2.24) is 25.0 Å². The molecule has 3 aliphatic heterocycles. The molecule has 0 radical (unpaired) electrons. The summed E-state index contributed by atoms with van der Waals surface area (Å²) >= 11 is 0. The van der Waals surface area contributed by atoms with Gasteiger partial charge in [0, 0.05) is 51.0 Å². The van der Waals surface area contributed by atoms with Gasteiger partial charge in [-0.3, -0.25) is 4.79 Å². The summed E-state index contributed by atoms with van der Waals surface area (Å²) in [4.78, 5) is 30.9. The Bertz CT molecular complexity index is 1140. The third kappa shape index (κ3) is 6.45. The van der Waals surface area contributed by atoms with E-state index in [1.165, 1.54) is 4.90 Å². The Hall–Kier alpha value is -3.09. The van der Waals surface area contributed by atoms with E-state index in [9.17, 15) is 13.6 Å². The number of rotatable bonds is 9. The molecule has 13 heteroatoms. The van der Waals surface area contributed by atoms with Crippen LogP contribution in [0.25, 0.3) is 0 Å². The highest BCUT2D eigenvalue weighted by atomic mass is 19.3. The van der Waals surface area contributed by atoms with E-state index in [1.54, 1.807) is 12.4 Å². The van der Waals surface area contributed by atoms with Crippen LogP contribution in [0, 0.1) is 11.8 Å². The molecule has 3 fully saturated rings. The van der Waals surface area contributed by atoms with Crippen molar-refractivity contribution in [2.45, 2.75) is 76.8 Å². The highest BCUT2D eigenvalue weighted by molar-refractivity contribution is 5.78. The van der Waals surface area contributed by atoms with Gasteiger partial charge in [0.05, 0.1) is 31.6 Å². The van der Waals surface area contributed by atoms with Gasteiger partial charge in [-0.05, 0) is 31.1 Å². The van der Waals surface area contributed by atoms with Crippen LogP contribution in [0.2, 0.25) is 0 Å². The lowest BCUT2D eigenvalue weighted by molar-refractivity contribution is -0.150. The molecule has 3 aliphatic rings. The Morgan fingerprint density at radius 2 is 1.88 bits per heavy atom. The van der Waals surface area contributed by atoms with Crippen molar-refractivity contribution in [2.24, 2.45) is 17.6 Å². The standard InChI is InChI=1S/C27H40F2N8O3/c1-17(2)24-33-26(40-34-24)35-9-5-19(6-10-35)18(3)7-11-39-20-12-31-25(32-13-20)36-14-21(30)22(15-36)37-16-27(28,29)8-4-23(37)38/h12-13,17-19,21-22H,4-11,14-16,30H2,1-3H3/t18-,21+,22+/m1/s1. The Labute approximate surface area is 233 Å². The lowest BCUT2D eigenvalue weighted by Gasteiger charge is -2.37. The van der Waals surface area contributed by atoms with E-state index in [4.69, 9.17) is 15.0 Å². The monoisotopic (exact) mass is 562 g/mol. The SMILES string of the molecule is CC(C)c1noc(N2CCC([C@H](C)CCOc3cnc(N4C[C@H](N)[C@@H](N5CC(F)(F)CCC5=O)C4)nc3)CC2)n1. The molecule has 220 valence electrons. The number of alkyl halides is 2. The Balaban J connectivity index is 1.05. The van der Waals surface area contributed by atoms with E-state index in [0.29, 0.717) is 49.2 Å². The molecule has 5 heterocycles. The van der Waals surface area contributed by atoms with Gasteiger partial charge in [0.2, 0.25) is 11.9 Å². The van der Waals surface area contributed by atoms with Crippen molar-refractivity contribution >= 4 is 17.9 Å². The molecule has 2 N–H and O–H groups in total. The highest BCUT2D eigenvalue weighted by Crippen LogP contribution is 2.32. The fourth-order valence-electron chi connectivity index (χ4n) is 5.85. The van der Waals surface area contributed by atoms with Crippen LogP contribution < -0.4 is 20.3 Å². The van der Waals surface area contributed by atoms with Crippen molar-refractivity contribution < 1.29 is 22.8 Å². The van der Waals surface area contributed by atoms with Gasteiger partial charge >= 0.3 is 6.01 Å². The van der Waals surface area contributed by atoms with Crippen molar-refractivity contribution in [2.75, 3.05) is 49.1 Å². The Morgan fingerprint density at radius 1 is 1.15 bits per heavy atom. The van der Waals surface area contributed by atoms with Crippen LogP contribution in [0.4, 0.5) is 20.7 Å². The number of hydrogen-bond acceptors (Lipinski definition) is 10. The number of aromatic nitrogens is 4. The molecule has 5 rings (SSSR count). The molecule has 2 aromatic rings. The first-order chi connectivity index (χ1) is 19.1. The number of carbonyl (C=O) groups excluding carboxylic acids is 1. The second kappa shape index (κ2) is 11.8. The van der Waals surface area contributed by atoms with Crippen LogP contribution in [-0.2, 0) is 4.79 Å². The maximum absolute atomic E-state index is 13.9. The number of ether oxygens (including phenoxy) is 1. The van der Waals surface area contributed by atoms with E-state index in [1.807, 2.05) is 4.90 Å². The number of halogens is 2. The molecule has 3 atom stereocenters. The number of amides is 1. The van der Waals surface area contributed by atoms with Gasteiger partial charge in [-0.15, -0.1) is 0 Å². The van der Waals surface area contributed by atoms with E-state index in [-0.39, 0.29) is 18.2 Å². The number of anilines is 2. The van der Waals surface area contributed by atoms with Crippen LogP contribution in [0.5, 0.6) is 5.75 Å². The maximum Gasteiger partial charge on any atom is 0.324 e. The van der Waals surface area contributed by atoms with Crippen LogP contribution in [0.1, 0.15) is 64.6 Å². The molecule has 0 aliphatic carbocycles. The summed E-state index contributed by atoms with van der Waals surface area (Å²) in [5.41, 5.74) is 6.25. The largest absolute Gasteiger partial charge is 0.490 e. The first-order valence-electron chi connectivity index (χ1n) is 14.3. The predicted octanol–water partition coefficient (Wildman–Crippen LogP) is 3.08. The van der Waals surface area contributed by atoms with E-state index < -0.39 is 31.0 Å². The third-order valence-electron chi connectivity index (χ3n) is 8.46. The van der Waals surface area contributed by atoms with Gasteiger partial charge in [0.15, 0.2) is 11.6 Å². The number of carbonyl (C=O) groups is 1. The minimum absolute atomic E-state index is 0.157. The summed E-state index contributed by atoms with van der Waals surface area (Å²) in [7, 11) is 0. The van der Waals surface area contributed by atoms with Gasteiger partial charge in [-0.2, -0.15) is 4.98 Å². The molecule has 3 saturated heterocycles. The number of nitrogens with two attached hydrogens (primary N) is 1. The second-order valence-corrected chi connectivity index (χ2v) is 11.8. The molecule has 40 heavy (non-hydrogen) atoms. The fraction of sp³-hybridized carbons (Fsp3) is 0.741. The minimum Gasteiger partial charge on any atom is -0.490 e. The first kappa shape index (κ1) is 28.4. The fourth-order valence-corrected chi connectivity index (χ4v) is 5.85. The summed E-state index contributed by atoms with van der Waals surface area (Å²) in [5.74, 6) is -0.0270. The Kier molecular flexibility index (Phi) is 8.39. The average Bonchev–Trinajstić information content (AvgIpc) is 3.58. The maximum atomic E-state index is 13.9. The molecule has 0 unspecified atom stereocenters. The molecular formula is C27H40F2N8O3. The molecule has 2 aromatic heterocycles. The molecular weight excluding hydrogens is 522 g/mol. The second-order valence-electron chi connectivity index (χ2n) is 11.8. The third-order valence-corrected chi connectivity index (χ3v) is 8.46. The van der Waals surface area contributed by atoms with Gasteiger partial charge in [0.1, 0.15) is 0 Å². The summed E-state index contributed by atoms with van der Waals surface area (Å²) in [5, 5.41) is 4.07. The molecule has 0 saturated carbocycles. The quantitative estimate of drug-likeness (QED) is 0.487. The number of nitrogens with zero attached hydrogens (tertiary/aromatic N) is 7. The summed E-state index contributed by atoms with van der Waals surface area (Å²) in [6.07, 6.45) is 5.74. The lowest BCUT2D eigenvalue weighted by atomic mass is 9.84. The van der Waals surface area contributed by atoms with Gasteiger partial charge in [0.25, 0.3) is 5.92 Å². The molecule has 0 spiro atoms. The van der Waals surface area contributed by atoms with Crippen molar-refractivity contribution in [3.63, 3.8) is 0 Å². The summed E-state index contributed by atoms with van der Waals surface area (Å²) < 4.78 is 39.2. The normalized spacial score (nSPS) is 24.7. The van der Waals surface area contributed by atoms with Crippen LogP contribution in [0.3, 0.4) is 0 Å². The number of likely N-dealkylation sites (tertiary alicyclic amines) is 1. The Morgan fingerprint density at radius 3 is 2.55 bits per heavy atom. The average molecular weight is 563 g/mol. The minimum atomic E-state index is -2.88. The number of hydrogen-bond donors (Lipinski definition) is 1. The van der Waals surface area contributed by atoms with Crippen LogP contribution >= 0.6 is 0 Å². The predicted molar refractivity (Wildman–Crippen MR) is 145 cm³/mol. The van der Waals surface area contributed by atoms with Gasteiger partial charge < -0.3 is 29.7 Å². The highest BCUT2D eigenvalue weighted by Gasteiger charge is 2.45. The molecule has 0 bridgehead atoms. The zero-order chi connectivity index (χ0) is 28.4. The smallest absolute Gasteiger partial charge is 0.324 e. The topological polar surface area (TPSA) is 127 Å². The van der Waals surface area contributed by atoms with Gasteiger partial charge in [-0.1, -0.05) is 25.9 Å².